The Morgan fingerprint density at radius 3 is 2.65 bits per heavy atom. The van der Waals surface area contributed by atoms with Crippen LogP contribution in [-0.4, -0.2) is 0 Å². The van der Waals surface area contributed by atoms with E-state index in [2.05, 4.69) is 13.0 Å². The average Bonchev–Trinajstić information content (AvgIpc) is 2.56. The van der Waals surface area contributed by atoms with Crippen LogP contribution in [0.1, 0.15) is 21.1 Å². The molecule has 0 spiro atoms. The Balaban J connectivity index is 2.12. The summed E-state index contributed by atoms with van der Waals surface area (Å²) in [6.45, 7) is 6.25. The van der Waals surface area contributed by atoms with Gasteiger partial charge in [0.05, 0.1) is 0 Å². The summed E-state index contributed by atoms with van der Waals surface area (Å²) in [5.74, 6) is 0.851. The monoisotopic (exact) mass is 250 g/mol. The summed E-state index contributed by atoms with van der Waals surface area (Å²) in [7, 11) is 0. The SMILES string of the molecule is Cc1cc(=O)c(OCc2cc(C)sc2C)co1. The van der Waals surface area contributed by atoms with Gasteiger partial charge in [0.25, 0.3) is 0 Å². The molecule has 2 rings (SSSR count). The predicted octanol–water partition coefficient (Wildman–Crippen LogP) is 3.21. The van der Waals surface area contributed by atoms with E-state index in [1.807, 2.05) is 6.92 Å². The van der Waals surface area contributed by atoms with E-state index >= 15 is 0 Å². The lowest BCUT2D eigenvalue weighted by atomic mass is 10.2. The van der Waals surface area contributed by atoms with Gasteiger partial charge in [0, 0.05) is 21.4 Å². The van der Waals surface area contributed by atoms with E-state index in [1.54, 1.807) is 18.3 Å². The fourth-order valence-corrected chi connectivity index (χ4v) is 2.51. The summed E-state index contributed by atoms with van der Waals surface area (Å²) in [4.78, 5) is 14.0. The Hall–Kier alpha value is -1.55. The van der Waals surface area contributed by atoms with Crippen LogP contribution in [0.25, 0.3) is 0 Å². The summed E-state index contributed by atoms with van der Waals surface area (Å²) in [5.41, 5.74) is 0.978. The van der Waals surface area contributed by atoms with E-state index in [4.69, 9.17) is 9.15 Å². The van der Waals surface area contributed by atoms with Crippen molar-refractivity contribution in [1.29, 1.82) is 0 Å². The molecule has 0 aliphatic rings. The zero-order valence-corrected chi connectivity index (χ0v) is 10.9. The van der Waals surface area contributed by atoms with Crippen LogP contribution in [0.3, 0.4) is 0 Å². The molecule has 90 valence electrons. The first-order valence-electron chi connectivity index (χ1n) is 5.34. The first-order chi connectivity index (χ1) is 8.06. The van der Waals surface area contributed by atoms with Crippen LogP contribution >= 0.6 is 11.3 Å². The molecule has 17 heavy (non-hydrogen) atoms. The van der Waals surface area contributed by atoms with Crippen molar-refractivity contribution in [1.82, 2.24) is 0 Å². The van der Waals surface area contributed by atoms with E-state index in [9.17, 15) is 4.79 Å². The third kappa shape index (κ3) is 2.77. The maximum atomic E-state index is 11.6. The lowest BCUT2D eigenvalue weighted by molar-refractivity contribution is 0.290. The maximum Gasteiger partial charge on any atom is 0.226 e. The number of hydrogen-bond donors (Lipinski definition) is 0. The summed E-state index contributed by atoms with van der Waals surface area (Å²) in [5, 5.41) is 0. The fourth-order valence-electron chi connectivity index (χ4n) is 1.58. The average molecular weight is 250 g/mol. The van der Waals surface area contributed by atoms with Crippen molar-refractivity contribution in [3.05, 3.63) is 49.7 Å². The third-order valence-corrected chi connectivity index (χ3v) is 3.46. The maximum absolute atomic E-state index is 11.6. The van der Waals surface area contributed by atoms with E-state index in [0.717, 1.165) is 5.56 Å². The molecule has 0 saturated carbocycles. The molecule has 0 bridgehead atoms. The molecular formula is C13H14O3S. The van der Waals surface area contributed by atoms with Crippen LogP contribution in [0.15, 0.2) is 27.6 Å². The molecule has 0 aliphatic carbocycles. The van der Waals surface area contributed by atoms with E-state index in [1.165, 1.54) is 22.1 Å². The predicted molar refractivity (Wildman–Crippen MR) is 67.8 cm³/mol. The van der Waals surface area contributed by atoms with Crippen molar-refractivity contribution in [3.8, 4) is 5.75 Å². The van der Waals surface area contributed by atoms with Crippen LogP contribution < -0.4 is 10.2 Å². The highest BCUT2D eigenvalue weighted by atomic mass is 32.1. The quantitative estimate of drug-likeness (QED) is 0.839. The van der Waals surface area contributed by atoms with Crippen LogP contribution in [0.4, 0.5) is 0 Å². The van der Waals surface area contributed by atoms with Crippen LogP contribution in [0.5, 0.6) is 5.75 Å². The molecule has 0 saturated heterocycles. The number of ether oxygens (including phenoxy) is 1. The van der Waals surface area contributed by atoms with Crippen molar-refractivity contribution in [2.45, 2.75) is 27.4 Å². The normalized spacial score (nSPS) is 10.5. The Labute approximate surface area is 104 Å². The van der Waals surface area contributed by atoms with Gasteiger partial charge in [-0.1, -0.05) is 0 Å². The molecule has 0 radical (unpaired) electrons. The van der Waals surface area contributed by atoms with Gasteiger partial charge in [-0.3, -0.25) is 4.79 Å². The molecule has 0 N–H and O–H groups in total. The molecule has 0 atom stereocenters. The molecule has 0 aliphatic heterocycles. The molecule has 2 aromatic heterocycles. The number of hydrogen-bond acceptors (Lipinski definition) is 4. The molecule has 2 aromatic rings. The van der Waals surface area contributed by atoms with Gasteiger partial charge in [0.15, 0.2) is 0 Å². The van der Waals surface area contributed by atoms with Gasteiger partial charge in [0.2, 0.25) is 11.2 Å². The number of rotatable bonds is 3. The number of aryl methyl sites for hydroxylation is 3. The highest BCUT2D eigenvalue weighted by Crippen LogP contribution is 2.21. The van der Waals surface area contributed by atoms with Gasteiger partial charge in [0.1, 0.15) is 18.6 Å². The van der Waals surface area contributed by atoms with Gasteiger partial charge in [-0.05, 0) is 26.8 Å². The van der Waals surface area contributed by atoms with Gasteiger partial charge in [-0.2, -0.15) is 0 Å². The number of thiophene rings is 1. The Kier molecular flexibility index (Phi) is 3.33. The molecule has 0 aromatic carbocycles. The molecule has 0 unspecified atom stereocenters. The minimum Gasteiger partial charge on any atom is -0.482 e. The Morgan fingerprint density at radius 2 is 2.06 bits per heavy atom. The zero-order valence-electron chi connectivity index (χ0n) is 10.1. The summed E-state index contributed by atoms with van der Waals surface area (Å²) < 4.78 is 10.6. The molecule has 4 heteroatoms. The van der Waals surface area contributed by atoms with Gasteiger partial charge in [-0.15, -0.1) is 11.3 Å². The van der Waals surface area contributed by atoms with Crippen LogP contribution in [0, 0.1) is 20.8 Å². The van der Waals surface area contributed by atoms with Crippen LogP contribution in [0.2, 0.25) is 0 Å². The summed E-state index contributed by atoms with van der Waals surface area (Å²) in [6.07, 6.45) is 1.37. The second kappa shape index (κ2) is 4.75. The molecular weight excluding hydrogens is 236 g/mol. The topological polar surface area (TPSA) is 39.4 Å². The first-order valence-corrected chi connectivity index (χ1v) is 6.16. The Morgan fingerprint density at radius 1 is 1.29 bits per heavy atom. The second-order valence-electron chi connectivity index (χ2n) is 3.95. The largest absolute Gasteiger partial charge is 0.482 e. The van der Waals surface area contributed by atoms with Gasteiger partial charge < -0.3 is 9.15 Å². The minimum atomic E-state index is -0.140. The van der Waals surface area contributed by atoms with Crippen molar-refractivity contribution < 1.29 is 9.15 Å². The second-order valence-corrected chi connectivity index (χ2v) is 5.41. The summed E-state index contributed by atoms with van der Waals surface area (Å²) >= 11 is 1.73. The van der Waals surface area contributed by atoms with Gasteiger partial charge in [-0.25, -0.2) is 0 Å². The van der Waals surface area contributed by atoms with Crippen molar-refractivity contribution >= 4 is 11.3 Å². The van der Waals surface area contributed by atoms with E-state index in [0.29, 0.717) is 12.4 Å². The van der Waals surface area contributed by atoms with Crippen LogP contribution in [-0.2, 0) is 6.61 Å². The first kappa shape index (κ1) is 11.9. The standard InChI is InChI=1S/C13H14O3S/c1-8-4-12(14)13(7-15-8)16-6-11-5-9(2)17-10(11)3/h4-5,7H,6H2,1-3H3. The smallest absolute Gasteiger partial charge is 0.226 e. The van der Waals surface area contributed by atoms with Gasteiger partial charge >= 0.3 is 0 Å². The Bertz CT molecular complexity index is 581. The summed E-state index contributed by atoms with van der Waals surface area (Å²) in [6, 6.07) is 3.51. The van der Waals surface area contributed by atoms with E-state index < -0.39 is 0 Å². The minimum absolute atomic E-state index is 0.140. The highest BCUT2D eigenvalue weighted by molar-refractivity contribution is 7.12. The molecule has 3 nitrogen and oxygen atoms in total. The van der Waals surface area contributed by atoms with Crippen molar-refractivity contribution in [2.24, 2.45) is 0 Å². The zero-order chi connectivity index (χ0) is 12.4. The lowest BCUT2D eigenvalue weighted by Crippen LogP contribution is -2.07. The van der Waals surface area contributed by atoms with Crippen molar-refractivity contribution in [3.63, 3.8) is 0 Å². The highest BCUT2D eigenvalue weighted by Gasteiger charge is 2.06. The third-order valence-electron chi connectivity index (χ3n) is 2.46. The molecule has 0 amide bonds. The van der Waals surface area contributed by atoms with Crippen molar-refractivity contribution in [2.75, 3.05) is 0 Å². The fraction of sp³-hybridized carbons (Fsp3) is 0.308. The molecule has 0 fully saturated rings. The molecule has 2 heterocycles. The van der Waals surface area contributed by atoms with E-state index in [-0.39, 0.29) is 11.2 Å². The lowest BCUT2D eigenvalue weighted by Gasteiger charge is -2.04.